The van der Waals surface area contributed by atoms with Crippen LogP contribution in [0.4, 0.5) is 0 Å². The Balaban J connectivity index is 1.64. The first-order chi connectivity index (χ1) is 12.6. The highest BCUT2D eigenvalue weighted by molar-refractivity contribution is 6.06. The fourth-order valence-electron chi connectivity index (χ4n) is 2.64. The van der Waals surface area contributed by atoms with Gasteiger partial charge in [-0.05, 0) is 18.2 Å². The van der Waals surface area contributed by atoms with Gasteiger partial charge in [0.1, 0.15) is 0 Å². The summed E-state index contributed by atoms with van der Waals surface area (Å²) in [6.07, 6.45) is 3.06. The summed E-state index contributed by atoms with van der Waals surface area (Å²) in [5, 5.41) is 6.13. The Bertz CT molecular complexity index is 1010. The standard InChI is InChI=1S/C19H18N4O3/c1-23-16-7-3-2-6-14(16)15(11-17(23)24)19(26)22-10-9-21-18(25)13-5-4-8-20-12-13/h2-8,11-12H,9-10H2,1H3,(H,21,25)(H,22,26). The van der Waals surface area contributed by atoms with E-state index < -0.39 is 0 Å². The fraction of sp³-hybridized carbons (Fsp3) is 0.158. The SMILES string of the molecule is Cn1c(=O)cc(C(=O)NCCNC(=O)c2cccnc2)c2ccccc21. The molecule has 2 aromatic heterocycles. The third kappa shape index (κ3) is 3.61. The number of hydrogen-bond donors (Lipinski definition) is 2. The van der Waals surface area contributed by atoms with Gasteiger partial charge < -0.3 is 15.2 Å². The number of benzene rings is 1. The zero-order valence-electron chi connectivity index (χ0n) is 14.2. The highest BCUT2D eigenvalue weighted by atomic mass is 16.2. The molecule has 0 aliphatic heterocycles. The lowest BCUT2D eigenvalue weighted by Crippen LogP contribution is -2.35. The van der Waals surface area contributed by atoms with Crippen LogP contribution in [-0.2, 0) is 7.05 Å². The van der Waals surface area contributed by atoms with Crippen molar-refractivity contribution < 1.29 is 9.59 Å². The third-order valence-corrected chi connectivity index (χ3v) is 4.02. The van der Waals surface area contributed by atoms with Gasteiger partial charge in [0.15, 0.2) is 0 Å². The van der Waals surface area contributed by atoms with Crippen LogP contribution in [0.5, 0.6) is 0 Å². The van der Waals surface area contributed by atoms with E-state index in [-0.39, 0.29) is 30.5 Å². The van der Waals surface area contributed by atoms with Crippen molar-refractivity contribution in [2.24, 2.45) is 7.05 Å². The molecule has 0 fully saturated rings. The highest BCUT2D eigenvalue weighted by Crippen LogP contribution is 2.15. The molecule has 0 aliphatic rings. The van der Waals surface area contributed by atoms with Gasteiger partial charge in [0.2, 0.25) is 0 Å². The number of pyridine rings is 2. The van der Waals surface area contributed by atoms with Crippen LogP contribution < -0.4 is 16.2 Å². The van der Waals surface area contributed by atoms with E-state index in [0.717, 1.165) is 0 Å². The number of nitrogens with one attached hydrogen (secondary N) is 2. The zero-order valence-corrected chi connectivity index (χ0v) is 14.2. The quantitative estimate of drug-likeness (QED) is 0.674. The lowest BCUT2D eigenvalue weighted by molar-refractivity contribution is 0.0928. The van der Waals surface area contributed by atoms with Crippen LogP contribution in [0.2, 0.25) is 0 Å². The molecule has 26 heavy (non-hydrogen) atoms. The second-order valence-corrected chi connectivity index (χ2v) is 5.73. The predicted octanol–water partition coefficient (Wildman–Crippen LogP) is 1.09. The molecule has 0 radical (unpaired) electrons. The summed E-state index contributed by atoms with van der Waals surface area (Å²) < 4.78 is 1.50. The lowest BCUT2D eigenvalue weighted by Gasteiger charge is -2.11. The summed E-state index contributed by atoms with van der Waals surface area (Å²) >= 11 is 0. The van der Waals surface area contributed by atoms with Gasteiger partial charge in [0.25, 0.3) is 17.4 Å². The molecule has 2 N–H and O–H groups in total. The Morgan fingerprint density at radius 2 is 1.77 bits per heavy atom. The van der Waals surface area contributed by atoms with E-state index in [1.54, 1.807) is 37.5 Å². The van der Waals surface area contributed by atoms with Gasteiger partial charge >= 0.3 is 0 Å². The van der Waals surface area contributed by atoms with Crippen LogP contribution in [0.3, 0.4) is 0 Å². The van der Waals surface area contributed by atoms with Crippen molar-refractivity contribution in [2.75, 3.05) is 13.1 Å². The minimum absolute atomic E-state index is 0.244. The first kappa shape index (κ1) is 17.3. The topological polar surface area (TPSA) is 93.1 Å². The summed E-state index contributed by atoms with van der Waals surface area (Å²) in [6, 6.07) is 11.9. The fourth-order valence-corrected chi connectivity index (χ4v) is 2.64. The summed E-state index contributed by atoms with van der Waals surface area (Å²) in [4.78, 5) is 40.3. The van der Waals surface area contributed by atoms with Crippen molar-refractivity contribution >= 4 is 22.7 Å². The number of carbonyl (C=O) groups is 2. The number of aryl methyl sites for hydroxylation is 1. The third-order valence-electron chi connectivity index (χ3n) is 4.02. The first-order valence-electron chi connectivity index (χ1n) is 8.13. The summed E-state index contributed by atoms with van der Waals surface area (Å²) in [7, 11) is 1.67. The molecule has 0 unspecified atom stereocenters. The Kier molecular flexibility index (Phi) is 5.07. The normalized spacial score (nSPS) is 10.5. The van der Waals surface area contributed by atoms with Crippen LogP contribution >= 0.6 is 0 Å². The molecule has 2 heterocycles. The van der Waals surface area contributed by atoms with E-state index in [0.29, 0.717) is 22.0 Å². The van der Waals surface area contributed by atoms with Crippen molar-refractivity contribution in [1.29, 1.82) is 0 Å². The first-order valence-corrected chi connectivity index (χ1v) is 8.13. The molecule has 132 valence electrons. The molecular weight excluding hydrogens is 332 g/mol. The number of carbonyl (C=O) groups excluding carboxylic acids is 2. The molecular formula is C19H18N4O3. The largest absolute Gasteiger partial charge is 0.350 e. The number of rotatable bonds is 5. The average molecular weight is 350 g/mol. The minimum atomic E-state index is -0.352. The zero-order chi connectivity index (χ0) is 18.5. The molecule has 0 atom stereocenters. The molecule has 0 saturated heterocycles. The van der Waals surface area contributed by atoms with Gasteiger partial charge in [-0.25, -0.2) is 0 Å². The molecule has 0 spiro atoms. The van der Waals surface area contributed by atoms with Crippen LogP contribution in [0.25, 0.3) is 10.9 Å². The van der Waals surface area contributed by atoms with Crippen molar-refractivity contribution in [2.45, 2.75) is 0 Å². The maximum atomic E-state index is 12.5. The van der Waals surface area contributed by atoms with Crippen LogP contribution in [0, 0.1) is 0 Å². The molecule has 3 rings (SSSR count). The lowest BCUT2D eigenvalue weighted by atomic mass is 10.1. The second kappa shape index (κ2) is 7.60. The van der Waals surface area contributed by atoms with E-state index >= 15 is 0 Å². The number of fused-ring (bicyclic) bond motifs is 1. The maximum Gasteiger partial charge on any atom is 0.252 e. The number of hydrogen-bond acceptors (Lipinski definition) is 4. The van der Waals surface area contributed by atoms with E-state index in [9.17, 15) is 14.4 Å². The predicted molar refractivity (Wildman–Crippen MR) is 98.1 cm³/mol. The molecule has 7 nitrogen and oxygen atoms in total. The Morgan fingerprint density at radius 1 is 1.04 bits per heavy atom. The van der Waals surface area contributed by atoms with E-state index in [4.69, 9.17) is 0 Å². The smallest absolute Gasteiger partial charge is 0.252 e. The number of aromatic nitrogens is 2. The molecule has 0 aliphatic carbocycles. The number of nitrogens with zero attached hydrogens (tertiary/aromatic N) is 2. The molecule has 0 saturated carbocycles. The van der Waals surface area contributed by atoms with Gasteiger partial charge in [-0.3, -0.25) is 19.4 Å². The average Bonchev–Trinajstić information content (AvgIpc) is 2.68. The Hall–Kier alpha value is -3.48. The monoisotopic (exact) mass is 350 g/mol. The molecule has 3 aromatic rings. The van der Waals surface area contributed by atoms with Gasteiger partial charge in [-0.1, -0.05) is 18.2 Å². The molecule has 2 amide bonds. The van der Waals surface area contributed by atoms with Crippen molar-refractivity contribution in [3.63, 3.8) is 0 Å². The Labute approximate surface area is 149 Å². The van der Waals surface area contributed by atoms with Crippen LogP contribution in [0.1, 0.15) is 20.7 Å². The van der Waals surface area contributed by atoms with E-state index in [1.807, 2.05) is 12.1 Å². The summed E-state index contributed by atoms with van der Waals surface area (Å²) in [6.45, 7) is 0.511. The summed E-state index contributed by atoms with van der Waals surface area (Å²) in [5.74, 6) is -0.610. The van der Waals surface area contributed by atoms with E-state index in [1.165, 1.54) is 16.8 Å². The van der Waals surface area contributed by atoms with Gasteiger partial charge in [0, 0.05) is 44.0 Å². The second-order valence-electron chi connectivity index (χ2n) is 5.73. The Morgan fingerprint density at radius 3 is 2.50 bits per heavy atom. The molecule has 7 heteroatoms. The highest BCUT2D eigenvalue weighted by Gasteiger charge is 2.13. The number of amides is 2. The molecule has 1 aromatic carbocycles. The van der Waals surface area contributed by atoms with Gasteiger partial charge in [-0.15, -0.1) is 0 Å². The van der Waals surface area contributed by atoms with E-state index in [2.05, 4.69) is 15.6 Å². The van der Waals surface area contributed by atoms with Crippen LogP contribution in [0.15, 0.2) is 59.7 Å². The van der Waals surface area contributed by atoms with Crippen molar-refractivity contribution in [1.82, 2.24) is 20.2 Å². The molecule has 0 bridgehead atoms. The number of para-hydroxylation sites is 1. The van der Waals surface area contributed by atoms with Gasteiger partial charge in [-0.2, -0.15) is 0 Å². The van der Waals surface area contributed by atoms with Gasteiger partial charge in [0.05, 0.1) is 16.6 Å². The van der Waals surface area contributed by atoms with Crippen LogP contribution in [-0.4, -0.2) is 34.5 Å². The minimum Gasteiger partial charge on any atom is -0.350 e. The van der Waals surface area contributed by atoms with Crippen molar-refractivity contribution in [3.8, 4) is 0 Å². The summed E-state index contributed by atoms with van der Waals surface area (Å²) in [5.41, 5.74) is 1.22. The maximum absolute atomic E-state index is 12.5. The van der Waals surface area contributed by atoms with Crippen molar-refractivity contribution in [3.05, 3.63) is 76.3 Å².